The van der Waals surface area contributed by atoms with Gasteiger partial charge >= 0.3 is 0 Å². The third-order valence-electron chi connectivity index (χ3n) is 0.199. The van der Waals surface area contributed by atoms with Gasteiger partial charge in [0.1, 0.15) is 0 Å². The number of halogens is 1. The summed E-state index contributed by atoms with van der Waals surface area (Å²) in [6.45, 7) is 3.22. The zero-order valence-corrected chi connectivity index (χ0v) is 4.68. The van der Waals surface area contributed by atoms with Crippen LogP contribution in [0.3, 0.4) is 0 Å². The molecule has 0 rings (SSSR count). The monoisotopic (exact) mass is 109 g/mol. The van der Waals surface area contributed by atoms with Crippen LogP contribution in [0.5, 0.6) is 0 Å². The molecule has 0 fully saturated rings. The Morgan fingerprint density at radius 2 is 1.83 bits per heavy atom. The zero-order valence-electron chi connectivity index (χ0n) is 3.86. The minimum Gasteiger partial charge on any atom is -0.315 e. The Labute approximate surface area is 41.4 Å². The maximum absolute atomic E-state index is 11.3. The summed E-state index contributed by atoms with van der Waals surface area (Å²) in [5.41, 5.74) is 5.12. The quantitative estimate of drug-likeness (QED) is 0.513. The molecule has 0 aliphatic heterocycles. The van der Waals surface area contributed by atoms with Crippen molar-refractivity contribution in [3.8, 4) is 0 Å². The van der Waals surface area contributed by atoms with E-state index in [0.29, 0.717) is 0 Å². The first-order chi connectivity index (χ1) is 2.56. The predicted molar refractivity (Wildman–Crippen MR) is 27.0 cm³/mol. The molecule has 0 radical (unpaired) electrons. The highest BCUT2D eigenvalue weighted by Gasteiger charge is 2.09. The third-order valence-corrected chi connectivity index (χ3v) is 0.597. The molecule has 3 heteroatoms. The lowest BCUT2D eigenvalue weighted by molar-refractivity contribution is 0.724. The van der Waals surface area contributed by atoms with Crippen molar-refractivity contribution in [2.75, 3.05) is 0 Å². The topological polar surface area (TPSA) is 26.0 Å². The lowest BCUT2D eigenvalue weighted by atomic mass is 10.4. The van der Waals surface area contributed by atoms with Crippen LogP contribution in [0.4, 0.5) is 3.89 Å². The van der Waals surface area contributed by atoms with E-state index < -0.39 is 4.87 Å². The second-order valence-electron chi connectivity index (χ2n) is 1.68. The van der Waals surface area contributed by atoms with Crippen LogP contribution in [0.2, 0.25) is 0 Å². The van der Waals surface area contributed by atoms with Crippen LogP contribution in [-0.2, 0) is 0 Å². The molecule has 0 heterocycles. The Morgan fingerprint density at radius 1 is 1.67 bits per heavy atom. The summed E-state index contributed by atoms with van der Waals surface area (Å²) >= 11 is 0.160. The van der Waals surface area contributed by atoms with E-state index in [1.165, 1.54) is 0 Å². The van der Waals surface area contributed by atoms with Gasteiger partial charge in [-0.15, -0.1) is 0 Å². The largest absolute Gasteiger partial charge is 0.315 e. The Balaban J connectivity index is 3.17. The van der Waals surface area contributed by atoms with Gasteiger partial charge in [-0.1, -0.05) is 0 Å². The number of hydrogen-bond acceptors (Lipinski definition) is 2. The van der Waals surface area contributed by atoms with E-state index >= 15 is 0 Å². The second kappa shape index (κ2) is 1.80. The van der Waals surface area contributed by atoms with E-state index in [0.717, 1.165) is 0 Å². The summed E-state index contributed by atoms with van der Waals surface area (Å²) in [5.74, 6) is 0. The molecule has 2 N–H and O–H groups in total. The molecule has 0 aromatic carbocycles. The highest BCUT2D eigenvalue weighted by Crippen LogP contribution is 2.17. The van der Waals surface area contributed by atoms with Crippen LogP contribution >= 0.6 is 12.1 Å². The van der Waals surface area contributed by atoms with Crippen LogP contribution in [0.1, 0.15) is 13.8 Å². The van der Waals surface area contributed by atoms with E-state index in [-0.39, 0.29) is 12.1 Å². The molecule has 0 spiro atoms. The number of rotatable bonds is 1. The van der Waals surface area contributed by atoms with Gasteiger partial charge in [0.15, 0.2) is 0 Å². The molecule has 1 nitrogen and oxygen atoms in total. The maximum Gasteiger partial charge on any atom is 0.0880 e. The smallest absolute Gasteiger partial charge is 0.0880 e. The van der Waals surface area contributed by atoms with Gasteiger partial charge in [-0.25, -0.2) is 0 Å². The molecular weight excluding hydrogens is 101 g/mol. The first-order valence-electron chi connectivity index (χ1n) is 1.65. The summed E-state index contributed by atoms with van der Waals surface area (Å²) in [4.78, 5) is -0.708. The summed E-state index contributed by atoms with van der Waals surface area (Å²) < 4.78 is 11.3. The Kier molecular flexibility index (Phi) is 1.87. The van der Waals surface area contributed by atoms with Crippen molar-refractivity contribution in [1.29, 1.82) is 0 Å². The molecule has 0 atom stereocenters. The van der Waals surface area contributed by atoms with Crippen LogP contribution in [0.15, 0.2) is 0 Å². The van der Waals surface area contributed by atoms with Crippen molar-refractivity contribution in [2.24, 2.45) is 5.73 Å². The fourth-order valence-corrected chi connectivity index (χ4v) is 0. The minimum atomic E-state index is -0.708. The zero-order chi connectivity index (χ0) is 5.21. The Bertz CT molecular complexity index is 40.5. The van der Waals surface area contributed by atoms with Gasteiger partial charge in [0, 0.05) is 0 Å². The van der Waals surface area contributed by atoms with Crippen molar-refractivity contribution in [2.45, 2.75) is 18.7 Å². The van der Waals surface area contributed by atoms with Crippen LogP contribution in [0.25, 0.3) is 0 Å². The van der Waals surface area contributed by atoms with Crippen molar-refractivity contribution >= 4 is 12.1 Å². The Hall–Kier alpha value is 0.240. The van der Waals surface area contributed by atoms with Crippen LogP contribution < -0.4 is 5.73 Å². The van der Waals surface area contributed by atoms with E-state index in [9.17, 15) is 3.89 Å². The van der Waals surface area contributed by atoms with E-state index in [1.807, 2.05) is 0 Å². The highest BCUT2D eigenvalue weighted by molar-refractivity contribution is 7.95. The molecule has 0 saturated heterocycles. The summed E-state index contributed by atoms with van der Waals surface area (Å²) in [6, 6.07) is 0. The lowest BCUT2D eigenvalue weighted by Gasteiger charge is -2.08. The van der Waals surface area contributed by atoms with Crippen LogP contribution in [0, 0.1) is 0 Å². The van der Waals surface area contributed by atoms with Gasteiger partial charge in [-0.2, -0.15) is 3.89 Å². The van der Waals surface area contributed by atoms with Gasteiger partial charge in [-0.3, -0.25) is 0 Å². The van der Waals surface area contributed by atoms with Gasteiger partial charge in [-0.05, 0) is 13.8 Å². The normalized spacial score (nSPS) is 12.0. The number of hydrogen-bond donors (Lipinski definition) is 1. The van der Waals surface area contributed by atoms with Gasteiger partial charge in [0.2, 0.25) is 0 Å². The molecule has 0 saturated carbocycles. The SMILES string of the molecule is CC(C)(N)SF. The standard InChI is InChI=1S/C3H8FNS/c1-3(2,5)6-4/h5H2,1-2H3. The second-order valence-corrected chi connectivity index (χ2v) is 2.89. The highest BCUT2D eigenvalue weighted by atomic mass is 32.2. The summed E-state index contributed by atoms with van der Waals surface area (Å²) in [7, 11) is 0. The molecule has 0 aromatic rings. The molecule has 0 bridgehead atoms. The van der Waals surface area contributed by atoms with E-state index in [2.05, 4.69) is 0 Å². The van der Waals surface area contributed by atoms with Crippen LogP contribution in [-0.4, -0.2) is 4.87 Å². The first-order valence-corrected chi connectivity index (χ1v) is 2.36. The lowest BCUT2D eigenvalue weighted by Crippen LogP contribution is -2.25. The predicted octanol–water partition coefficient (Wildman–Crippen LogP) is 1.30. The third kappa shape index (κ3) is 4.24. The van der Waals surface area contributed by atoms with Crippen molar-refractivity contribution < 1.29 is 3.89 Å². The fraction of sp³-hybridized carbons (Fsp3) is 1.00. The summed E-state index contributed by atoms with van der Waals surface area (Å²) in [5, 5.41) is 0. The summed E-state index contributed by atoms with van der Waals surface area (Å²) in [6.07, 6.45) is 0. The average molecular weight is 109 g/mol. The molecule has 0 aliphatic rings. The minimum absolute atomic E-state index is 0.160. The maximum atomic E-state index is 11.3. The number of nitrogens with two attached hydrogens (primary N) is 1. The molecule has 0 aliphatic carbocycles. The molecule has 0 aromatic heterocycles. The fourth-order valence-electron chi connectivity index (χ4n) is 0. The van der Waals surface area contributed by atoms with Gasteiger partial charge in [0.25, 0.3) is 0 Å². The Morgan fingerprint density at radius 3 is 1.83 bits per heavy atom. The van der Waals surface area contributed by atoms with Crippen molar-refractivity contribution in [3.63, 3.8) is 0 Å². The first kappa shape index (κ1) is 6.24. The molecule has 6 heavy (non-hydrogen) atoms. The van der Waals surface area contributed by atoms with Gasteiger partial charge < -0.3 is 5.73 Å². The van der Waals surface area contributed by atoms with E-state index in [1.54, 1.807) is 13.8 Å². The molecular formula is C3H8FNS. The van der Waals surface area contributed by atoms with Crippen molar-refractivity contribution in [3.05, 3.63) is 0 Å². The molecule has 0 amide bonds. The van der Waals surface area contributed by atoms with Gasteiger partial charge in [0.05, 0.1) is 17.0 Å². The average Bonchev–Trinajstić information content (AvgIpc) is 1.35. The van der Waals surface area contributed by atoms with E-state index in [4.69, 9.17) is 5.73 Å². The molecule has 0 unspecified atom stereocenters. The molecule has 38 valence electrons. The van der Waals surface area contributed by atoms with Crippen molar-refractivity contribution in [1.82, 2.24) is 0 Å².